The predicted molar refractivity (Wildman–Crippen MR) is 80.6 cm³/mol. The van der Waals surface area contributed by atoms with E-state index in [0.29, 0.717) is 17.2 Å². The Balaban J connectivity index is 2.38. The minimum absolute atomic E-state index is 0.123. The van der Waals surface area contributed by atoms with Crippen LogP contribution in [-0.4, -0.2) is 38.5 Å². The van der Waals surface area contributed by atoms with Crippen molar-refractivity contribution in [3.63, 3.8) is 0 Å². The van der Waals surface area contributed by atoms with Crippen molar-refractivity contribution >= 4 is 11.4 Å². The summed E-state index contributed by atoms with van der Waals surface area (Å²) in [5.74, 6) is 1.29. The van der Waals surface area contributed by atoms with Crippen LogP contribution in [0.4, 0.5) is 11.4 Å². The first-order chi connectivity index (χ1) is 9.71. The van der Waals surface area contributed by atoms with E-state index >= 15 is 0 Å². The summed E-state index contributed by atoms with van der Waals surface area (Å²) in [6, 6.07) is 3.81. The highest BCUT2D eigenvalue weighted by atomic mass is 16.5. The van der Waals surface area contributed by atoms with Crippen LogP contribution < -0.4 is 20.1 Å². The zero-order valence-electron chi connectivity index (χ0n) is 12.3. The van der Waals surface area contributed by atoms with Crippen LogP contribution in [-0.2, 0) is 0 Å². The van der Waals surface area contributed by atoms with Gasteiger partial charge in [-0.2, -0.15) is 0 Å². The van der Waals surface area contributed by atoms with E-state index in [1.54, 1.807) is 20.3 Å². The Labute approximate surface area is 120 Å². The molecule has 1 atom stereocenters. The normalized spacial score (nSPS) is 19.6. The second kappa shape index (κ2) is 6.70. The van der Waals surface area contributed by atoms with Gasteiger partial charge in [-0.15, -0.1) is 0 Å². The maximum atomic E-state index is 9.63. The molecule has 3 N–H and O–H groups in total. The number of aliphatic hydroxyl groups is 1. The molecule has 20 heavy (non-hydrogen) atoms. The maximum Gasteiger partial charge on any atom is 0.162 e. The van der Waals surface area contributed by atoms with Crippen LogP contribution in [0.1, 0.15) is 25.7 Å². The lowest BCUT2D eigenvalue weighted by atomic mass is 10.1. The summed E-state index contributed by atoms with van der Waals surface area (Å²) in [4.78, 5) is 2.20. The van der Waals surface area contributed by atoms with Gasteiger partial charge in [-0.3, -0.25) is 0 Å². The van der Waals surface area contributed by atoms with E-state index in [9.17, 15) is 5.11 Å². The van der Waals surface area contributed by atoms with E-state index in [1.165, 1.54) is 6.42 Å². The molecule has 5 heteroatoms. The topological polar surface area (TPSA) is 68.0 Å². The van der Waals surface area contributed by atoms with E-state index in [2.05, 4.69) is 4.90 Å². The highest BCUT2D eigenvalue weighted by molar-refractivity contribution is 5.73. The smallest absolute Gasteiger partial charge is 0.162 e. The molecule has 1 unspecified atom stereocenters. The summed E-state index contributed by atoms with van der Waals surface area (Å²) >= 11 is 0. The molecular weight excluding hydrogens is 256 g/mol. The Morgan fingerprint density at radius 2 is 1.90 bits per heavy atom. The van der Waals surface area contributed by atoms with Crippen molar-refractivity contribution in [2.24, 2.45) is 0 Å². The van der Waals surface area contributed by atoms with Crippen LogP contribution in [0.15, 0.2) is 12.1 Å². The Kier molecular flexibility index (Phi) is 4.95. The van der Waals surface area contributed by atoms with Crippen LogP contribution in [0, 0.1) is 0 Å². The van der Waals surface area contributed by atoms with Gasteiger partial charge in [-0.1, -0.05) is 12.8 Å². The number of hydrogen-bond donors (Lipinski definition) is 2. The molecule has 0 spiro atoms. The Bertz CT molecular complexity index is 451. The molecule has 1 aliphatic rings. The van der Waals surface area contributed by atoms with Crippen LogP contribution in [0.3, 0.4) is 0 Å². The van der Waals surface area contributed by atoms with Crippen LogP contribution in [0.5, 0.6) is 11.5 Å². The molecule has 2 rings (SSSR count). The van der Waals surface area contributed by atoms with Gasteiger partial charge < -0.3 is 25.2 Å². The largest absolute Gasteiger partial charge is 0.493 e. The van der Waals surface area contributed by atoms with Gasteiger partial charge in [0.05, 0.1) is 38.2 Å². The number of aliphatic hydroxyl groups excluding tert-OH is 1. The van der Waals surface area contributed by atoms with Crippen molar-refractivity contribution in [2.45, 2.75) is 31.7 Å². The molecule has 0 radical (unpaired) electrons. The number of benzene rings is 1. The van der Waals surface area contributed by atoms with Gasteiger partial charge in [0.25, 0.3) is 0 Å². The summed E-state index contributed by atoms with van der Waals surface area (Å²) in [7, 11) is 3.21. The fourth-order valence-corrected chi connectivity index (χ4v) is 2.82. The first kappa shape index (κ1) is 14.8. The first-order valence-corrected chi connectivity index (χ1v) is 7.10. The lowest BCUT2D eigenvalue weighted by Crippen LogP contribution is -2.38. The van der Waals surface area contributed by atoms with Gasteiger partial charge in [0.2, 0.25) is 0 Å². The molecule has 1 aromatic carbocycles. The number of nitrogens with zero attached hydrogens (tertiary/aromatic N) is 1. The second-order valence-electron chi connectivity index (χ2n) is 5.15. The number of hydrogen-bond acceptors (Lipinski definition) is 5. The van der Waals surface area contributed by atoms with Gasteiger partial charge >= 0.3 is 0 Å². The van der Waals surface area contributed by atoms with E-state index in [1.807, 2.05) is 6.07 Å². The molecule has 1 saturated heterocycles. The van der Waals surface area contributed by atoms with E-state index < -0.39 is 0 Å². The first-order valence-electron chi connectivity index (χ1n) is 7.10. The third-order valence-electron chi connectivity index (χ3n) is 3.93. The van der Waals surface area contributed by atoms with E-state index in [-0.39, 0.29) is 12.6 Å². The fraction of sp³-hybridized carbons (Fsp3) is 0.600. The molecule has 0 bridgehead atoms. The van der Waals surface area contributed by atoms with Crippen molar-refractivity contribution in [1.29, 1.82) is 0 Å². The maximum absolute atomic E-state index is 9.63. The van der Waals surface area contributed by atoms with Crippen LogP contribution in [0.2, 0.25) is 0 Å². The average molecular weight is 280 g/mol. The molecule has 1 aromatic rings. The molecule has 0 amide bonds. The average Bonchev–Trinajstić information content (AvgIpc) is 2.71. The Hall–Kier alpha value is -1.62. The summed E-state index contributed by atoms with van der Waals surface area (Å²) in [5.41, 5.74) is 7.74. The lowest BCUT2D eigenvalue weighted by Gasteiger charge is -2.32. The summed E-state index contributed by atoms with van der Waals surface area (Å²) < 4.78 is 10.6. The fourth-order valence-electron chi connectivity index (χ4n) is 2.82. The molecule has 0 aromatic heterocycles. The molecule has 5 nitrogen and oxygen atoms in total. The van der Waals surface area contributed by atoms with Crippen molar-refractivity contribution in [3.05, 3.63) is 12.1 Å². The molecule has 1 heterocycles. The summed E-state index contributed by atoms with van der Waals surface area (Å²) in [6.07, 6.45) is 4.45. The van der Waals surface area contributed by atoms with E-state index in [4.69, 9.17) is 15.2 Å². The molecule has 1 fully saturated rings. The third-order valence-corrected chi connectivity index (χ3v) is 3.93. The summed E-state index contributed by atoms with van der Waals surface area (Å²) in [6.45, 7) is 1.05. The Morgan fingerprint density at radius 1 is 1.20 bits per heavy atom. The number of ether oxygens (including phenoxy) is 2. The van der Waals surface area contributed by atoms with Crippen LogP contribution in [0.25, 0.3) is 0 Å². The van der Waals surface area contributed by atoms with Gasteiger partial charge in [0.1, 0.15) is 0 Å². The third kappa shape index (κ3) is 2.93. The lowest BCUT2D eigenvalue weighted by molar-refractivity contribution is 0.255. The number of rotatable bonds is 4. The van der Waals surface area contributed by atoms with Gasteiger partial charge in [-0.25, -0.2) is 0 Å². The van der Waals surface area contributed by atoms with Crippen molar-refractivity contribution in [1.82, 2.24) is 0 Å². The molecule has 0 aliphatic carbocycles. The zero-order chi connectivity index (χ0) is 14.5. The van der Waals surface area contributed by atoms with Crippen molar-refractivity contribution in [2.75, 3.05) is 38.0 Å². The van der Waals surface area contributed by atoms with Gasteiger partial charge in [-0.05, 0) is 12.8 Å². The quantitative estimate of drug-likeness (QED) is 0.826. The molecule has 112 valence electrons. The standard InChI is InChI=1S/C15H24N2O3/c1-19-14-8-12(16)13(9-15(14)20-2)17-7-5-3-4-6-11(17)10-18/h8-9,11,18H,3-7,10,16H2,1-2H3. The second-order valence-corrected chi connectivity index (χ2v) is 5.15. The minimum atomic E-state index is 0.123. The molecule has 1 aliphatic heterocycles. The predicted octanol–water partition coefficient (Wildman–Crippen LogP) is 2.03. The Morgan fingerprint density at radius 3 is 2.55 bits per heavy atom. The van der Waals surface area contributed by atoms with Crippen molar-refractivity contribution in [3.8, 4) is 11.5 Å². The van der Waals surface area contributed by atoms with Gasteiger partial charge in [0, 0.05) is 18.7 Å². The van der Waals surface area contributed by atoms with Crippen molar-refractivity contribution < 1.29 is 14.6 Å². The van der Waals surface area contributed by atoms with Crippen LogP contribution >= 0.6 is 0 Å². The summed E-state index contributed by atoms with van der Waals surface area (Å²) in [5, 5.41) is 9.63. The number of nitrogens with two attached hydrogens (primary N) is 1. The molecular formula is C15H24N2O3. The minimum Gasteiger partial charge on any atom is -0.493 e. The monoisotopic (exact) mass is 280 g/mol. The highest BCUT2D eigenvalue weighted by Gasteiger charge is 2.23. The van der Waals surface area contributed by atoms with E-state index in [0.717, 1.165) is 31.5 Å². The SMILES string of the molecule is COc1cc(N)c(N2CCCCCC2CO)cc1OC. The number of methoxy groups -OCH3 is 2. The highest BCUT2D eigenvalue weighted by Crippen LogP contribution is 2.38. The van der Waals surface area contributed by atoms with Gasteiger partial charge in [0.15, 0.2) is 11.5 Å². The zero-order valence-corrected chi connectivity index (χ0v) is 12.3. The number of anilines is 2. The number of nitrogen functional groups attached to an aromatic ring is 1. The molecule has 0 saturated carbocycles.